The molecular weight excluding hydrogens is 428 g/mol. The molecule has 4 heterocycles. The van der Waals surface area contributed by atoms with Crippen LogP contribution in [0.1, 0.15) is 42.5 Å². The Kier molecular flexibility index (Phi) is 5.67. The van der Waals surface area contributed by atoms with E-state index in [9.17, 15) is 13.6 Å². The first-order valence-electron chi connectivity index (χ1n) is 11.0. The molecule has 0 aliphatic carbocycles. The fourth-order valence-corrected chi connectivity index (χ4v) is 4.57. The number of halogens is 2. The number of benzene rings is 1. The molecular formula is C24H25F2N5O2. The van der Waals surface area contributed by atoms with Gasteiger partial charge in [0, 0.05) is 43.1 Å². The Labute approximate surface area is 189 Å². The van der Waals surface area contributed by atoms with E-state index >= 15 is 0 Å². The fraction of sp³-hybridized carbons (Fsp3) is 0.375. The molecule has 0 spiro atoms. The van der Waals surface area contributed by atoms with Gasteiger partial charge in [-0.05, 0) is 30.2 Å². The number of morpholine rings is 1. The Morgan fingerprint density at radius 1 is 1.24 bits per heavy atom. The predicted octanol–water partition coefficient (Wildman–Crippen LogP) is 3.58. The topological polar surface area (TPSA) is 81.1 Å². The number of aryl methyl sites for hydroxylation is 1. The van der Waals surface area contributed by atoms with Gasteiger partial charge in [0.05, 0.1) is 30.0 Å². The molecule has 2 bridgehead atoms. The van der Waals surface area contributed by atoms with Crippen LogP contribution in [0.3, 0.4) is 0 Å². The highest BCUT2D eigenvalue weighted by Gasteiger charge is 2.28. The summed E-state index contributed by atoms with van der Waals surface area (Å²) < 4.78 is 33.8. The summed E-state index contributed by atoms with van der Waals surface area (Å²) in [5.41, 5.74) is 2.82. The lowest BCUT2D eigenvalue weighted by atomic mass is 9.94. The first kappa shape index (κ1) is 21.7. The molecule has 172 valence electrons. The Balaban J connectivity index is 1.55. The van der Waals surface area contributed by atoms with E-state index in [2.05, 4.69) is 20.8 Å². The number of nitrogens with one attached hydrogen (secondary N) is 2. The Hall–Kier alpha value is -3.17. The number of ether oxygens (including phenoxy) is 1. The summed E-state index contributed by atoms with van der Waals surface area (Å²) in [5, 5.41) is 15.7. The Morgan fingerprint density at radius 3 is 2.85 bits per heavy atom. The first-order chi connectivity index (χ1) is 15.9. The fourth-order valence-electron chi connectivity index (χ4n) is 4.57. The van der Waals surface area contributed by atoms with Crippen molar-refractivity contribution < 1.29 is 13.5 Å². The average molecular weight is 453 g/mol. The van der Waals surface area contributed by atoms with E-state index in [1.807, 2.05) is 19.1 Å². The summed E-state index contributed by atoms with van der Waals surface area (Å²) in [6, 6.07) is 7.88. The van der Waals surface area contributed by atoms with Gasteiger partial charge in [-0.25, -0.2) is 8.78 Å². The number of pyridine rings is 1. The van der Waals surface area contributed by atoms with Crippen LogP contribution in [0.4, 0.5) is 14.6 Å². The maximum absolute atomic E-state index is 13.2. The van der Waals surface area contributed by atoms with Crippen LogP contribution in [0.25, 0.3) is 16.5 Å². The summed E-state index contributed by atoms with van der Waals surface area (Å²) >= 11 is 0. The minimum Gasteiger partial charge on any atom is -0.368 e. The third-order valence-electron chi connectivity index (χ3n) is 6.34. The molecule has 5 rings (SSSR count). The second-order valence-electron chi connectivity index (χ2n) is 8.60. The van der Waals surface area contributed by atoms with Gasteiger partial charge in [0.15, 0.2) is 5.82 Å². The van der Waals surface area contributed by atoms with Gasteiger partial charge in [-0.3, -0.25) is 4.79 Å². The molecule has 1 fully saturated rings. The molecule has 0 unspecified atom stereocenters. The number of nitrogens with zero attached hydrogens (tertiary/aromatic N) is 3. The van der Waals surface area contributed by atoms with Crippen molar-refractivity contribution in [2.24, 2.45) is 7.05 Å². The Bertz CT molecular complexity index is 1290. The van der Waals surface area contributed by atoms with Crippen molar-refractivity contribution in [1.29, 1.82) is 0 Å². The van der Waals surface area contributed by atoms with E-state index in [0.29, 0.717) is 28.9 Å². The van der Waals surface area contributed by atoms with Crippen LogP contribution < -0.4 is 16.2 Å². The molecule has 33 heavy (non-hydrogen) atoms. The molecule has 1 aromatic carbocycles. The molecule has 2 aromatic heterocycles. The zero-order valence-electron chi connectivity index (χ0n) is 18.4. The SMILES string of the molecule is C[C@@H](Nc1nncc2c1cc(C1=C[C@H]3CNC[C@H](C1)O3)c(=O)n2C)c1cccc(C(F)F)c1. The molecule has 2 aliphatic heterocycles. The van der Waals surface area contributed by atoms with E-state index < -0.39 is 6.43 Å². The van der Waals surface area contributed by atoms with Crippen molar-refractivity contribution in [1.82, 2.24) is 20.1 Å². The van der Waals surface area contributed by atoms with Crippen molar-refractivity contribution in [2.75, 3.05) is 18.4 Å². The highest BCUT2D eigenvalue weighted by molar-refractivity contribution is 5.91. The third-order valence-corrected chi connectivity index (χ3v) is 6.34. The van der Waals surface area contributed by atoms with Gasteiger partial charge in [-0.2, -0.15) is 5.10 Å². The van der Waals surface area contributed by atoms with Crippen LogP contribution in [0.15, 0.2) is 47.4 Å². The number of fused-ring (bicyclic) bond motifs is 3. The van der Waals surface area contributed by atoms with Crippen LogP contribution in [0.2, 0.25) is 0 Å². The van der Waals surface area contributed by atoms with Gasteiger partial charge in [0.1, 0.15) is 0 Å². The van der Waals surface area contributed by atoms with Crippen molar-refractivity contribution >= 4 is 22.3 Å². The number of anilines is 1. The van der Waals surface area contributed by atoms with Crippen molar-refractivity contribution in [2.45, 2.75) is 38.0 Å². The highest BCUT2D eigenvalue weighted by atomic mass is 19.3. The molecule has 2 N–H and O–H groups in total. The lowest BCUT2D eigenvalue weighted by Gasteiger charge is -2.34. The monoisotopic (exact) mass is 453 g/mol. The summed E-state index contributed by atoms with van der Waals surface area (Å²) in [7, 11) is 1.72. The van der Waals surface area contributed by atoms with Gasteiger partial charge in [-0.15, -0.1) is 5.10 Å². The van der Waals surface area contributed by atoms with Gasteiger partial charge in [0.2, 0.25) is 0 Å². The second-order valence-corrected chi connectivity index (χ2v) is 8.60. The molecule has 7 nitrogen and oxygen atoms in total. The van der Waals surface area contributed by atoms with Crippen LogP contribution >= 0.6 is 0 Å². The number of aromatic nitrogens is 3. The Morgan fingerprint density at radius 2 is 2.06 bits per heavy atom. The van der Waals surface area contributed by atoms with E-state index in [1.165, 1.54) is 12.1 Å². The van der Waals surface area contributed by atoms with Crippen molar-refractivity contribution in [3.8, 4) is 0 Å². The van der Waals surface area contributed by atoms with E-state index in [1.54, 1.807) is 29.9 Å². The van der Waals surface area contributed by atoms with Crippen molar-refractivity contribution in [3.63, 3.8) is 0 Å². The summed E-state index contributed by atoms with van der Waals surface area (Å²) in [6.45, 7) is 3.36. The summed E-state index contributed by atoms with van der Waals surface area (Å²) in [5.74, 6) is 0.494. The zero-order valence-corrected chi connectivity index (χ0v) is 18.4. The zero-order chi connectivity index (χ0) is 23.1. The number of alkyl halides is 2. The third kappa shape index (κ3) is 4.14. The average Bonchev–Trinajstić information content (AvgIpc) is 2.81. The molecule has 0 amide bonds. The molecule has 3 aromatic rings. The molecule has 3 atom stereocenters. The highest BCUT2D eigenvalue weighted by Crippen LogP contribution is 2.31. The number of rotatable bonds is 5. The van der Waals surface area contributed by atoms with Crippen LogP contribution in [0, 0.1) is 0 Å². The predicted molar refractivity (Wildman–Crippen MR) is 122 cm³/mol. The van der Waals surface area contributed by atoms with Crippen molar-refractivity contribution in [3.05, 3.63) is 69.6 Å². The standard InChI is InChI=1S/C24H25F2N5O2/c1-13(14-4-3-5-15(6-14)22(25)26)29-23-20-9-19(24(32)31(2)21(20)12-28-30-23)16-7-17-10-27-11-18(8-16)33-17/h3-7,9,12-13,17-18,22,27H,8,10-11H2,1-2H3,(H,29,30)/t13-,17+,18+/m1/s1. The van der Waals surface area contributed by atoms with Gasteiger partial charge < -0.3 is 19.9 Å². The second kappa shape index (κ2) is 8.64. The van der Waals surface area contributed by atoms with Crippen LogP contribution in [-0.4, -0.2) is 40.1 Å². The van der Waals surface area contributed by atoms with E-state index in [-0.39, 0.29) is 29.4 Å². The van der Waals surface area contributed by atoms with Crippen LogP contribution in [-0.2, 0) is 11.8 Å². The molecule has 2 aliphatic rings. The lowest BCUT2D eigenvalue weighted by Crippen LogP contribution is -2.46. The normalized spacial score (nSPS) is 21.2. The van der Waals surface area contributed by atoms with Gasteiger partial charge >= 0.3 is 0 Å². The van der Waals surface area contributed by atoms with E-state index in [4.69, 9.17) is 4.74 Å². The minimum atomic E-state index is -2.53. The molecule has 1 saturated heterocycles. The molecule has 9 heteroatoms. The molecule has 0 radical (unpaired) electrons. The maximum atomic E-state index is 13.2. The number of hydrogen-bond donors (Lipinski definition) is 2. The summed E-state index contributed by atoms with van der Waals surface area (Å²) in [6.07, 6.45) is 1.69. The first-order valence-corrected chi connectivity index (χ1v) is 11.0. The van der Waals surface area contributed by atoms with Gasteiger partial charge in [0.25, 0.3) is 12.0 Å². The lowest BCUT2D eigenvalue weighted by molar-refractivity contribution is -0.0158. The summed E-state index contributed by atoms with van der Waals surface area (Å²) in [4.78, 5) is 13.2. The van der Waals surface area contributed by atoms with Crippen LogP contribution in [0.5, 0.6) is 0 Å². The maximum Gasteiger partial charge on any atom is 0.263 e. The van der Waals surface area contributed by atoms with E-state index in [0.717, 1.165) is 24.0 Å². The number of hydrogen-bond acceptors (Lipinski definition) is 6. The molecule has 0 saturated carbocycles. The smallest absolute Gasteiger partial charge is 0.263 e. The minimum absolute atomic E-state index is 0.0265. The largest absolute Gasteiger partial charge is 0.368 e. The quantitative estimate of drug-likeness (QED) is 0.615. The van der Waals surface area contributed by atoms with Gasteiger partial charge in [-0.1, -0.05) is 24.3 Å².